The highest BCUT2D eigenvalue weighted by Gasteiger charge is 2.28. The van der Waals surface area contributed by atoms with Crippen LogP contribution in [0.3, 0.4) is 0 Å². The van der Waals surface area contributed by atoms with Crippen molar-refractivity contribution in [3.63, 3.8) is 0 Å². The first-order valence-corrected chi connectivity index (χ1v) is 10.5. The molecular formula is C21H17F2N5O2S. The number of imidazole rings is 1. The summed E-state index contributed by atoms with van der Waals surface area (Å²) in [6.45, 7) is 1.40. The summed E-state index contributed by atoms with van der Waals surface area (Å²) in [6.07, 6.45) is 3.89. The monoisotopic (exact) mass is 441 g/mol. The first kappa shape index (κ1) is 19.6. The first-order chi connectivity index (χ1) is 15.0. The van der Waals surface area contributed by atoms with Crippen molar-refractivity contribution < 1.29 is 18.3 Å². The number of anilines is 1. The van der Waals surface area contributed by atoms with Gasteiger partial charge in [-0.25, -0.2) is 13.8 Å². The summed E-state index contributed by atoms with van der Waals surface area (Å²) < 4.78 is 35.0. The second-order valence-electron chi connectivity index (χ2n) is 7.27. The van der Waals surface area contributed by atoms with Crippen molar-refractivity contribution in [2.24, 2.45) is 0 Å². The molecule has 31 heavy (non-hydrogen) atoms. The zero-order chi connectivity index (χ0) is 21.5. The fourth-order valence-electron chi connectivity index (χ4n) is 3.30. The summed E-state index contributed by atoms with van der Waals surface area (Å²) in [5.41, 5.74) is 1.00. The lowest BCUT2D eigenvalue weighted by molar-refractivity contribution is 0.102. The number of carbonyl (C=O) groups excluding carboxylic acids is 1. The van der Waals surface area contributed by atoms with Crippen LogP contribution in [-0.2, 0) is 6.61 Å². The lowest BCUT2D eigenvalue weighted by atomic mass is 10.2. The van der Waals surface area contributed by atoms with Gasteiger partial charge in [0.15, 0.2) is 11.4 Å². The summed E-state index contributed by atoms with van der Waals surface area (Å²) in [7, 11) is 0. The number of carbonyl (C=O) groups is 1. The van der Waals surface area contributed by atoms with Crippen molar-refractivity contribution in [2.75, 3.05) is 5.32 Å². The van der Waals surface area contributed by atoms with E-state index in [1.807, 2.05) is 0 Å². The molecule has 0 atom stereocenters. The Kier molecular flexibility index (Phi) is 4.85. The van der Waals surface area contributed by atoms with Crippen LogP contribution in [0.2, 0.25) is 0 Å². The van der Waals surface area contributed by atoms with E-state index in [0.29, 0.717) is 33.8 Å². The van der Waals surface area contributed by atoms with Crippen LogP contribution in [0.1, 0.15) is 45.5 Å². The largest absolute Gasteiger partial charge is 0.485 e. The number of nitrogens with one attached hydrogen (secondary N) is 1. The molecular weight excluding hydrogens is 424 g/mol. The molecule has 1 aliphatic rings. The smallest absolute Gasteiger partial charge is 0.276 e. The molecule has 0 radical (unpaired) electrons. The molecule has 1 amide bonds. The second-order valence-corrected chi connectivity index (χ2v) is 8.28. The molecule has 1 fully saturated rings. The molecule has 1 aromatic carbocycles. The Morgan fingerprint density at radius 1 is 1.23 bits per heavy atom. The predicted octanol–water partition coefficient (Wildman–Crippen LogP) is 4.48. The lowest BCUT2D eigenvalue weighted by Gasteiger charge is -2.09. The first-order valence-electron chi connectivity index (χ1n) is 9.69. The van der Waals surface area contributed by atoms with Crippen LogP contribution in [0, 0.1) is 18.6 Å². The van der Waals surface area contributed by atoms with Crippen LogP contribution in [0.4, 0.5) is 13.9 Å². The molecule has 0 unspecified atom stereocenters. The van der Waals surface area contributed by atoms with Crippen LogP contribution < -0.4 is 10.1 Å². The number of hydrogen-bond acceptors (Lipinski definition) is 6. The van der Waals surface area contributed by atoms with E-state index in [2.05, 4.69) is 20.5 Å². The van der Waals surface area contributed by atoms with Crippen molar-refractivity contribution in [3.05, 3.63) is 70.1 Å². The average molecular weight is 441 g/mol. The van der Waals surface area contributed by atoms with Crippen molar-refractivity contribution in [3.8, 4) is 5.75 Å². The third-order valence-corrected chi connectivity index (χ3v) is 6.03. The number of benzene rings is 1. The van der Waals surface area contributed by atoms with Gasteiger partial charge in [0.25, 0.3) is 5.91 Å². The Bertz CT molecular complexity index is 1280. The Morgan fingerprint density at radius 3 is 2.74 bits per heavy atom. The highest BCUT2D eigenvalue weighted by Crippen LogP contribution is 2.42. The molecule has 3 aromatic heterocycles. The van der Waals surface area contributed by atoms with Gasteiger partial charge in [-0.3, -0.25) is 14.5 Å². The minimum atomic E-state index is -0.686. The maximum Gasteiger partial charge on any atom is 0.276 e. The van der Waals surface area contributed by atoms with Crippen molar-refractivity contribution in [1.29, 1.82) is 0 Å². The van der Waals surface area contributed by atoms with Gasteiger partial charge in [0.05, 0.1) is 11.3 Å². The van der Waals surface area contributed by atoms with Crippen molar-refractivity contribution >= 4 is 28.0 Å². The SMILES string of the molecule is Cc1nc2c(OCc3c(F)cccc3F)cccn2c1C(=O)Nc1nnc(C2CC2)s1. The third-order valence-electron chi connectivity index (χ3n) is 5.02. The molecule has 4 aromatic rings. The van der Waals surface area contributed by atoms with Crippen LogP contribution in [0.5, 0.6) is 5.75 Å². The lowest BCUT2D eigenvalue weighted by Crippen LogP contribution is -2.15. The van der Waals surface area contributed by atoms with E-state index in [4.69, 9.17) is 4.74 Å². The second kappa shape index (κ2) is 7.69. The van der Waals surface area contributed by atoms with Gasteiger partial charge < -0.3 is 4.74 Å². The van der Waals surface area contributed by atoms with Crippen LogP contribution in [0.15, 0.2) is 36.5 Å². The molecule has 3 heterocycles. The van der Waals surface area contributed by atoms with Crippen LogP contribution in [0.25, 0.3) is 5.65 Å². The van der Waals surface area contributed by atoms with E-state index in [9.17, 15) is 13.6 Å². The van der Waals surface area contributed by atoms with E-state index in [0.717, 1.165) is 17.8 Å². The molecule has 0 spiro atoms. The van der Waals surface area contributed by atoms with Gasteiger partial charge in [0.1, 0.15) is 28.9 Å². The van der Waals surface area contributed by atoms with Gasteiger partial charge in [-0.15, -0.1) is 10.2 Å². The van der Waals surface area contributed by atoms with Gasteiger partial charge >= 0.3 is 0 Å². The quantitative estimate of drug-likeness (QED) is 0.477. The zero-order valence-corrected chi connectivity index (χ0v) is 17.2. The fraction of sp³-hybridized carbons (Fsp3) is 0.238. The number of halogens is 2. The number of fused-ring (bicyclic) bond motifs is 1. The number of nitrogens with zero attached hydrogens (tertiary/aromatic N) is 4. The molecule has 1 aliphatic carbocycles. The van der Waals surface area contributed by atoms with Gasteiger partial charge in [-0.05, 0) is 44.0 Å². The highest BCUT2D eigenvalue weighted by molar-refractivity contribution is 7.15. The van der Waals surface area contributed by atoms with E-state index in [1.54, 1.807) is 29.7 Å². The standard InChI is InChI=1S/C21H17F2N5O2S/c1-11-17(19(29)25-21-27-26-20(31-21)12-7-8-12)28-9-3-6-16(18(28)24-11)30-10-13-14(22)4-2-5-15(13)23/h2-6,9,12H,7-8,10H2,1H3,(H,25,27,29). The van der Waals surface area contributed by atoms with Gasteiger partial charge in [-0.2, -0.15) is 0 Å². The van der Waals surface area contributed by atoms with Gasteiger partial charge in [0, 0.05) is 12.1 Å². The number of aromatic nitrogens is 4. The van der Waals surface area contributed by atoms with Gasteiger partial charge in [-0.1, -0.05) is 17.4 Å². The number of ether oxygens (including phenoxy) is 1. The molecule has 1 N–H and O–H groups in total. The number of hydrogen-bond donors (Lipinski definition) is 1. The average Bonchev–Trinajstić information content (AvgIpc) is 3.38. The fourth-order valence-corrected chi connectivity index (χ4v) is 4.21. The molecule has 158 valence electrons. The Balaban J connectivity index is 1.41. The highest BCUT2D eigenvalue weighted by atomic mass is 32.1. The summed E-state index contributed by atoms with van der Waals surface area (Å²) in [4.78, 5) is 17.3. The molecule has 0 aliphatic heterocycles. The summed E-state index contributed by atoms with van der Waals surface area (Å²) in [6, 6.07) is 6.95. The molecule has 0 saturated heterocycles. The van der Waals surface area contributed by atoms with E-state index in [-0.39, 0.29) is 18.1 Å². The number of rotatable bonds is 6. The van der Waals surface area contributed by atoms with Crippen molar-refractivity contribution in [2.45, 2.75) is 32.3 Å². The topological polar surface area (TPSA) is 81.4 Å². The van der Waals surface area contributed by atoms with Crippen LogP contribution in [-0.4, -0.2) is 25.5 Å². The Hall–Kier alpha value is -3.40. The Morgan fingerprint density at radius 2 is 2.00 bits per heavy atom. The van der Waals surface area contributed by atoms with E-state index < -0.39 is 11.6 Å². The van der Waals surface area contributed by atoms with E-state index in [1.165, 1.54) is 29.5 Å². The maximum absolute atomic E-state index is 13.9. The number of aryl methyl sites for hydroxylation is 1. The minimum absolute atomic E-state index is 0.173. The zero-order valence-electron chi connectivity index (χ0n) is 16.4. The molecule has 10 heteroatoms. The summed E-state index contributed by atoms with van der Waals surface area (Å²) in [5, 5.41) is 12.3. The minimum Gasteiger partial charge on any atom is -0.485 e. The third kappa shape index (κ3) is 3.74. The normalized spacial score (nSPS) is 13.5. The maximum atomic E-state index is 13.9. The summed E-state index contributed by atoms with van der Waals surface area (Å²) >= 11 is 1.37. The summed E-state index contributed by atoms with van der Waals surface area (Å²) in [5.74, 6) is -0.983. The van der Waals surface area contributed by atoms with E-state index >= 15 is 0 Å². The molecule has 7 nitrogen and oxygen atoms in total. The predicted molar refractivity (Wildman–Crippen MR) is 110 cm³/mol. The molecule has 0 bridgehead atoms. The van der Waals surface area contributed by atoms with Crippen LogP contribution >= 0.6 is 11.3 Å². The Labute approximate surface area is 179 Å². The number of amides is 1. The molecule has 5 rings (SSSR count). The van der Waals surface area contributed by atoms with Gasteiger partial charge in [0.2, 0.25) is 5.13 Å². The van der Waals surface area contributed by atoms with Crippen molar-refractivity contribution in [1.82, 2.24) is 19.6 Å². The molecule has 1 saturated carbocycles. The number of pyridine rings is 1.